The molecule has 2 aromatic carbocycles. The maximum absolute atomic E-state index is 12.4. The Balaban J connectivity index is 1.49. The molecule has 29 heavy (non-hydrogen) atoms. The first-order valence-electron chi connectivity index (χ1n) is 9.41. The number of aryl methyl sites for hydroxylation is 1. The Hall–Kier alpha value is -3.74. The molecule has 3 rings (SSSR count). The van der Waals surface area contributed by atoms with Crippen molar-refractivity contribution in [1.82, 2.24) is 10.2 Å². The van der Waals surface area contributed by atoms with Crippen molar-refractivity contribution in [3.8, 4) is 0 Å². The highest BCUT2D eigenvalue weighted by Crippen LogP contribution is 2.16. The molecule has 0 aliphatic heterocycles. The maximum Gasteiger partial charge on any atom is 0.276 e. The standard InChI is InChI=1S/C22H23N5O2/c1-16(28)24-18-10-5-11-19(15-18)25-22(29)20-12-13-21(27-26-20)23-14-6-9-17-7-3-2-4-8-17/h2-5,7-8,10-13,15H,6,9,14H2,1H3,(H,23,27)(H,24,28)(H,25,29). The van der Waals surface area contributed by atoms with E-state index in [1.54, 1.807) is 36.4 Å². The highest BCUT2D eigenvalue weighted by atomic mass is 16.2. The number of nitrogens with one attached hydrogen (secondary N) is 3. The number of amides is 2. The van der Waals surface area contributed by atoms with E-state index in [-0.39, 0.29) is 17.5 Å². The van der Waals surface area contributed by atoms with Gasteiger partial charge in [-0.25, -0.2) is 0 Å². The Morgan fingerprint density at radius 2 is 1.62 bits per heavy atom. The highest BCUT2D eigenvalue weighted by Gasteiger charge is 2.09. The summed E-state index contributed by atoms with van der Waals surface area (Å²) in [5.41, 5.74) is 2.68. The smallest absolute Gasteiger partial charge is 0.276 e. The second kappa shape index (κ2) is 9.98. The Morgan fingerprint density at radius 1 is 0.862 bits per heavy atom. The van der Waals surface area contributed by atoms with Gasteiger partial charge in [0.05, 0.1) is 0 Å². The molecule has 0 atom stereocenters. The monoisotopic (exact) mass is 389 g/mol. The average molecular weight is 389 g/mol. The van der Waals surface area contributed by atoms with Crippen molar-refractivity contribution in [1.29, 1.82) is 0 Å². The van der Waals surface area contributed by atoms with E-state index in [0.717, 1.165) is 19.4 Å². The van der Waals surface area contributed by atoms with Crippen molar-refractivity contribution in [2.75, 3.05) is 22.5 Å². The van der Waals surface area contributed by atoms with Gasteiger partial charge in [-0.2, -0.15) is 0 Å². The lowest BCUT2D eigenvalue weighted by atomic mass is 10.1. The predicted octanol–water partition coefficient (Wildman–Crippen LogP) is 3.73. The molecule has 0 radical (unpaired) electrons. The van der Waals surface area contributed by atoms with Crippen molar-refractivity contribution in [3.63, 3.8) is 0 Å². The number of carbonyl (C=O) groups is 2. The molecule has 0 aliphatic carbocycles. The zero-order chi connectivity index (χ0) is 20.5. The van der Waals surface area contributed by atoms with Gasteiger partial charge in [0.25, 0.3) is 5.91 Å². The summed E-state index contributed by atoms with van der Waals surface area (Å²) in [6.45, 7) is 2.20. The predicted molar refractivity (Wildman–Crippen MR) is 114 cm³/mol. The van der Waals surface area contributed by atoms with Crippen LogP contribution in [0.1, 0.15) is 29.4 Å². The molecular weight excluding hydrogens is 366 g/mol. The number of anilines is 3. The van der Waals surface area contributed by atoms with Crippen molar-refractivity contribution in [3.05, 3.63) is 78.0 Å². The number of nitrogens with zero attached hydrogens (tertiary/aromatic N) is 2. The van der Waals surface area contributed by atoms with Crippen molar-refractivity contribution in [2.24, 2.45) is 0 Å². The summed E-state index contributed by atoms with van der Waals surface area (Å²) in [6, 6.07) is 20.6. The molecule has 0 spiro atoms. The minimum absolute atomic E-state index is 0.175. The third-order valence-corrected chi connectivity index (χ3v) is 4.13. The molecule has 1 aromatic heterocycles. The van der Waals surface area contributed by atoms with Gasteiger partial charge in [-0.05, 0) is 48.7 Å². The Bertz CT molecular complexity index is 958. The lowest BCUT2D eigenvalue weighted by Crippen LogP contribution is -2.15. The fourth-order valence-electron chi connectivity index (χ4n) is 2.77. The molecule has 3 N–H and O–H groups in total. The van der Waals surface area contributed by atoms with Gasteiger partial charge in [0.1, 0.15) is 5.82 Å². The third kappa shape index (κ3) is 6.42. The minimum Gasteiger partial charge on any atom is -0.369 e. The van der Waals surface area contributed by atoms with Gasteiger partial charge in [-0.3, -0.25) is 9.59 Å². The van der Waals surface area contributed by atoms with Crippen LogP contribution in [0.25, 0.3) is 0 Å². The Kier molecular flexibility index (Phi) is 6.89. The normalized spacial score (nSPS) is 10.2. The van der Waals surface area contributed by atoms with Gasteiger partial charge in [-0.1, -0.05) is 36.4 Å². The molecule has 0 saturated heterocycles. The van der Waals surface area contributed by atoms with Gasteiger partial charge in [0.2, 0.25) is 5.91 Å². The van der Waals surface area contributed by atoms with E-state index in [1.807, 2.05) is 18.2 Å². The largest absolute Gasteiger partial charge is 0.369 e. The highest BCUT2D eigenvalue weighted by molar-refractivity contribution is 6.03. The van der Waals surface area contributed by atoms with Gasteiger partial charge in [-0.15, -0.1) is 10.2 Å². The van der Waals surface area contributed by atoms with Crippen LogP contribution in [0.15, 0.2) is 66.7 Å². The number of carbonyl (C=O) groups excluding carboxylic acids is 2. The molecule has 0 aliphatic rings. The van der Waals surface area contributed by atoms with Gasteiger partial charge in [0, 0.05) is 24.8 Å². The summed E-state index contributed by atoms with van der Waals surface area (Å²) in [7, 11) is 0. The van der Waals surface area contributed by atoms with Gasteiger partial charge >= 0.3 is 0 Å². The molecule has 148 valence electrons. The van der Waals surface area contributed by atoms with Crippen LogP contribution in [0.5, 0.6) is 0 Å². The van der Waals surface area contributed by atoms with Crippen LogP contribution in [0, 0.1) is 0 Å². The second-order valence-corrected chi connectivity index (χ2v) is 6.54. The number of rotatable bonds is 8. The summed E-state index contributed by atoms with van der Waals surface area (Å²) in [5, 5.41) is 16.7. The van der Waals surface area contributed by atoms with Crippen LogP contribution in [0.2, 0.25) is 0 Å². The summed E-state index contributed by atoms with van der Waals surface area (Å²) < 4.78 is 0. The summed E-state index contributed by atoms with van der Waals surface area (Å²) >= 11 is 0. The molecule has 2 amide bonds. The van der Waals surface area contributed by atoms with E-state index in [2.05, 4.69) is 38.3 Å². The first kappa shape index (κ1) is 20.0. The molecule has 0 saturated carbocycles. The van der Waals surface area contributed by atoms with E-state index in [0.29, 0.717) is 17.2 Å². The van der Waals surface area contributed by atoms with E-state index in [9.17, 15) is 9.59 Å². The average Bonchev–Trinajstić information content (AvgIpc) is 2.72. The first-order valence-corrected chi connectivity index (χ1v) is 9.41. The molecule has 7 heteroatoms. The van der Waals surface area contributed by atoms with Crippen LogP contribution in [-0.4, -0.2) is 28.6 Å². The van der Waals surface area contributed by atoms with E-state index in [4.69, 9.17) is 0 Å². The summed E-state index contributed by atoms with van der Waals surface area (Å²) in [5.74, 6) is 0.0848. The number of aromatic nitrogens is 2. The van der Waals surface area contributed by atoms with E-state index >= 15 is 0 Å². The SMILES string of the molecule is CC(=O)Nc1cccc(NC(=O)c2ccc(NCCCc3ccccc3)nn2)c1. The number of hydrogen-bond acceptors (Lipinski definition) is 5. The number of hydrogen-bond donors (Lipinski definition) is 3. The van der Waals surface area contributed by atoms with Crippen LogP contribution < -0.4 is 16.0 Å². The molecule has 7 nitrogen and oxygen atoms in total. The van der Waals surface area contributed by atoms with Gasteiger partial charge < -0.3 is 16.0 Å². The van der Waals surface area contributed by atoms with Gasteiger partial charge in [0.15, 0.2) is 5.69 Å². The zero-order valence-corrected chi connectivity index (χ0v) is 16.2. The molecule has 0 fully saturated rings. The van der Waals surface area contributed by atoms with Crippen LogP contribution in [-0.2, 0) is 11.2 Å². The summed E-state index contributed by atoms with van der Waals surface area (Å²) in [4.78, 5) is 23.5. The maximum atomic E-state index is 12.4. The number of benzene rings is 2. The summed E-state index contributed by atoms with van der Waals surface area (Å²) in [6.07, 6.45) is 1.96. The Labute approximate surface area is 169 Å². The van der Waals surface area contributed by atoms with E-state index < -0.39 is 0 Å². The van der Waals surface area contributed by atoms with E-state index in [1.165, 1.54) is 12.5 Å². The first-order chi connectivity index (χ1) is 14.1. The molecular formula is C22H23N5O2. The second-order valence-electron chi connectivity index (χ2n) is 6.54. The fraction of sp³-hybridized carbons (Fsp3) is 0.182. The quantitative estimate of drug-likeness (QED) is 0.510. The lowest BCUT2D eigenvalue weighted by molar-refractivity contribution is -0.114. The van der Waals surface area contributed by atoms with Crippen molar-refractivity contribution < 1.29 is 9.59 Å². The van der Waals surface area contributed by atoms with Crippen molar-refractivity contribution in [2.45, 2.75) is 19.8 Å². The van der Waals surface area contributed by atoms with Crippen molar-refractivity contribution >= 4 is 29.0 Å². The Morgan fingerprint density at radius 3 is 2.31 bits per heavy atom. The van der Waals surface area contributed by atoms with Crippen LogP contribution in [0.4, 0.5) is 17.2 Å². The molecule has 3 aromatic rings. The zero-order valence-electron chi connectivity index (χ0n) is 16.2. The topological polar surface area (TPSA) is 96.0 Å². The minimum atomic E-state index is -0.367. The lowest BCUT2D eigenvalue weighted by Gasteiger charge is -2.08. The molecule has 0 unspecified atom stereocenters. The van der Waals surface area contributed by atoms with Crippen LogP contribution >= 0.6 is 0 Å². The molecule has 0 bridgehead atoms. The fourth-order valence-corrected chi connectivity index (χ4v) is 2.77. The third-order valence-electron chi connectivity index (χ3n) is 4.13. The van der Waals surface area contributed by atoms with Crippen LogP contribution in [0.3, 0.4) is 0 Å². The molecule has 1 heterocycles.